The van der Waals surface area contributed by atoms with Gasteiger partial charge in [0, 0.05) is 39.2 Å². The second-order valence-corrected chi connectivity index (χ2v) is 7.29. The first-order chi connectivity index (χ1) is 14.7. The van der Waals surface area contributed by atoms with Gasteiger partial charge in [0.2, 0.25) is 0 Å². The van der Waals surface area contributed by atoms with Crippen LogP contribution in [0.2, 0.25) is 0 Å². The van der Waals surface area contributed by atoms with Crippen molar-refractivity contribution in [2.75, 3.05) is 25.0 Å². The highest BCUT2D eigenvalue weighted by molar-refractivity contribution is 5.81. The van der Waals surface area contributed by atoms with Gasteiger partial charge in [0.1, 0.15) is 17.1 Å². The van der Waals surface area contributed by atoms with E-state index in [9.17, 15) is 22.4 Å². The molecule has 1 amide bonds. The molecule has 1 saturated heterocycles. The van der Waals surface area contributed by atoms with Gasteiger partial charge in [-0.15, -0.1) is 0 Å². The molecule has 0 aliphatic carbocycles. The van der Waals surface area contributed by atoms with E-state index in [4.69, 9.17) is 4.74 Å². The monoisotopic (exact) mass is 437 g/mol. The summed E-state index contributed by atoms with van der Waals surface area (Å²) in [6, 6.07) is 6.55. The van der Waals surface area contributed by atoms with E-state index in [0.717, 1.165) is 10.4 Å². The van der Waals surface area contributed by atoms with Gasteiger partial charge in [0.25, 0.3) is 5.91 Å². The van der Waals surface area contributed by atoms with Crippen LogP contribution in [0.1, 0.15) is 11.5 Å². The highest BCUT2D eigenvalue weighted by Gasteiger charge is 2.36. The van der Waals surface area contributed by atoms with Gasteiger partial charge in [-0.05, 0) is 17.7 Å². The zero-order chi connectivity index (χ0) is 22.3. The number of aryl methyl sites for hydroxylation is 1. The number of carbonyl (C=O) groups is 1. The van der Waals surface area contributed by atoms with Gasteiger partial charge in [0.15, 0.2) is 0 Å². The van der Waals surface area contributed by atoms with Crippen LogP contribution in [0.4, 0.5) is 29.1 Å². The minimum absolute atomic E-state index is 0.0689. The summed E-state index contributed by atoms with van der Waals surface area (Å²) >= 11 is 0. The molecule has 0 bridgehead atoms. The van der Waals surface area contributed by atoms with Crippen LogP contribution in [-0.4, -0.2) is 58.5 Å². The smallest absolute Gasteiger partial charge is 0.387 e. The van der Waals surface area contributed by atoms with Crippen molar-refractivity contribution in [2.24, 2.45) is 7.05 Å². The number of likely N-dealkylation sites (tertiary alicyclic amines) is 1. The summed E-state index contributed by atoms with van der Waals surface area (Å²) in [7, 11) is 3.50. The van der Waals surface area contributed by atoms with Crippen molar-refractivity contribution in [3.63, 3.8) is 0 Å². The number of ether oxygens (including phenoxy) is 1. The van der Waals surface area contributed by atoms with Crippen molar-refractivity contribution >= 4 is 28.4 Å². The van der Waals surface area contributed by atoms with Crippen molar-refractivity contribution in [2.45, 2.75) is 19.0 Å². The van der Waals surface area contributed by atoms with Gasteiger partial charge in [0.05, 0.1) is 23.7 Å². The molecule has 0 atom stereocenters. The molecule has 31 heavy (non-hydrogen) atoms. The molecule has 7 nitrogen and oxygen atoms in total. The second kappa shape index (κ2) is 8.05. The Bertz CT molecular complexity index is 1110. The third kappa shape index (κ3) is 3.99. The third-order valence-corrected chi connectivity index (χ3v) is 5.35. The van der Waals surface area contributed by atoms with Gasteiger partial charge in [-0.1, -0.05) is 6.07 Å². The predicted octanol–water partition coefficient (Wildman–Crippen LogP) is 3.53. The lowest BCUT2D eigenvalue weighted by molar-refractivity contribution is -0.147. The maximum Gasteiger partial charge on any atom is 0.387 e. The van der Waals surface area contributed by atoms with Crippen molar-refractivity contribution in [3.8, 4) is 5.75 Å². The van der Waals surface area contributed by atoms with E-state index in [0.29, 0.717) is 22.6 Å². The molecule has 164 valence electrons. The van der Waals surface area contributed by atoms with Crippen LogP contribution in [0, 0.1) is 0 Å². The fraction of sp³-hybridized carbons (Fsp3) is 0.350. The predicted molar refractivity (Wildman–Crippen MR) is 105 cm³/mol. The number of anilines is 2. The molecule has 0 N–H and O–H groups in total. The van der Waals surface area contributed by atoms with Crippen molar-refractivity contribution in [1.82, 2.24) is 19.4 Å². The minimum atomic E-state index is -3.06. The number of amides is 1. The van der Waals surface area contributed by atoms with Gasteiger partial charge >= 0.3 is 13.0 Å². The summed E-state index contributed by atoms with van der Waals surface area (Å²) < 4.78 is 57.7. The van der Waals surface area contributed by atoms with Gasteiger partial charge in [-0.3, -0.25) is 4.79 Å². The van der Waals surface area contributed by atoms with Crippen molar-refractivity contribution in [3.05, 3.63) is 42.4 Å². The number of carbonyl (C=O) groups excluding carboxylic acids is 1. The zero-order valence-corrected chi connectivity index (χ0v) is 16.7. The third-order valence-electron chi connectivity index (χ3n) is 5.35. The molecule has 0 saturated carbocycles. The fourth-order valence-electron chi connectivity index (χ4n) is 3.59. The highest BCUT2D eigenvalue weighted by atomic mass is 19.3. The summed E-state index contributed by atoms with van der Waals surface area (Å²) in [6.07, 6.45) is 0.183. The lowest BCUT2D eigenvalue weighted by Crippen LogP contribution is -2.50. The van der Waals surface area contributed by atoms with E-state index >= 15 is 0 Å². The van der Waals surface area contributed by atoms with Gasteiger partial charge in [-0.25, -0.2) is 9.97 Å². The van der Waals surface area contributed by atoms with Crippen LogP contribution in [0.25, 0.3) is 11.0 Å². The molecule has 1 aliphatic heterocycles. The lowest BCUT2D eigenvalue weighted by atomic mass is 9.91. The molecule has 1 aromatic carbocycles. The van der Waals surface area contributed by atoms with E-state index in [1.54, 1.807) is 42.7 Å². The molecule has 0 radical (unpaired) electrons. The number of fused-ring (bicyclic) bond motifs is 1. The van der Waals surface area contributed by atoms with Crippen LogP contribution in [0.15, 0.2) is 36.8 Å². The summed E-state index contributed by atoms with van der Waals surface area (Å²) in [5, 5.41) is 0. The number of halogens is 4. The van der Waals surface area contributed by atoms with E-state index in [1.807, 2.05) is 11.6 Å². The minimum Gasteiger partial charge on any atom is -0.433 e. The van der Waals surface area contributed by atoms with Crippen molar-refractivity contribution in [1.29, 1.82) is 0 Å². The van der Waals surface area contributed by atoms with Crippen LogP contribution in [0.5, 0.6) is 5.75 Å². The average Bonchev–Trinajstić information content (AvgIpc) is 3.06. The molecule has 1 fully saturated rings. The van der Waals surface area contributed by atoms with Crippen LogP contribution < -0.4 is 9.64 Å². The Morgan fingerprint density at radius 2 is 1.94 bits per heavy atom. The highest BCUT2D eigenvalue weighted by Crippen LogP contribution is 2.38. The summed E-state index contributed by atoms with van der Waals surface area (Å²) in [6.45, 7) is -2.84. The molecular weight excluding hydrogens is 418 g/mol. The van der Waals surface area contributed by atoms with E-state index in [-0.39, 0.29) is 24.8 Å². The molecular formula is C20H19F4N5O2. The summed E-state index contributed by atoms with van der Waals surface area (Å²) in [4.78, 5) is 22.5. The molecule has 0 unspecified atom stereocenters. The quantitative estimate of drug-likeness (QED) is 0.552. The zero-order valence-electron chi connectivity index (χ0n) is 16.7. The number of hydrogen-bond acceptors (Lipinski definition) is 5. The van der Waals surface area contributed by atoms with E-state index in [1.165, 1.54) is 6.07 Å². The lowest BCUT2D eigenvalue weighted by Gasteiger charge is -2.39. The van der Waals surface area contributed by atoms with Crippen LogP contribution in [0.3, 0.4) is 0 Å². The van der Waals surface area contributed by atoms with E-state index < -0.39 is 18.9 Å². The number of hydrogen-bond donors (Lipinski definition) is 0. The first-order valence-corrected chi connectivity index (χ1v) is 9.41. The number of benzene rings is 1. The molecule has 11 heteroatoms. The standard InChI is InChI=1S/C20H19F4N5O2/c1-27-10-26-13-7-25-17(6-15(13)27)28(2)14-4-3-11(5-16(14)31-20(23)24)12-8-29(9-12)19(30)18(21)22/h3-7,10,12,18,20H,8-9H2,1-2H3. The summed E-state index contributed by atoms with van der Waals surface area (Å²) in [5.41, 5.74) is 2.51. The Hall–Kier alpha value is -3.37. The second-order valence-electron chi connectivity index (χ2n) is 7.29. The Kier molecular flexibility index (Phi) is 5.42. The first kappa shape index (κ1) is 20.9. The SMILES string of the molecule is CN(c1cc2c(cn1)ncn2C)c1ccc(C2CN(C(=O)C(F)F)C2)cc1OC(F)F. The molecule has 3 aromatic rings. The number of imidazole rings is 1. The molecule has 4 rings (SSSR count). The summed E-state index contributed by atoms with van der Waals surface area (Å²) in [5.74, 6) is -1.03. The van der Waals surface area contributed by atoms with Gasteiger partial charge < -0.3 is 19.1 Å². The Labute approximate surface area is 174 Å². The van der Waals surface area contributed by atoms with Crippen molar-refractivity contribution < 1.29 is 27.1 Å². The number of rotatable bonds is 6. The van der Waals surface area contributed by atoms with Crippen LogP contribution >= 0.6 is 0 Å². The van der Waals surface area contributed by atoms with Gasteiger partial charge in [-0.2, -0.15) is 17.6 Å². The number of alkyl halides is 4. The maximum absolute atomic E-state index is 13.1. The Morgan fingerprint density at radius 3 is 2.61 bits per heavy atom. The maximum atomic E-state index is 13.1. The number of aromatic nitrogens is 3. The Balaban J connectivity index is 1.61. The molecule has 3 heterocycles. The number of nitrogens with zero attached hydrogens (tertiary/aromatic N) is 5. The normalized spacial score (nSPS) is 14.4. The van der Waals surface area contributed by atoms with Crippen LogP contribution in [-0.2, 0) is 11.8 Å². The molecule has 0 spiro atoms. The van der Waals surface area contributed by atoms with E-state index in [2.05, 4.69) is 9.97 Å². The molecule has 2 aromatic heterocycles. The average molecular weight is 437 g/mol. The molecule has 1 aliphatic rings. The first-order valence-electron chi connectivity index (χ1n) is 9.41. The fourth-order valence-corrected chi connectivity index (χ4v) is 3.59. The topological polar surface area (TPSA) is 63.5 Å². The largest absolute Gasteiger partial charge is 0.433 e. The number of pyridine rings is 1. The Morgan fingerprint density at radius 1 is 1.19 bits per heavy atom.